The molecule has 4 atom stereocenters. The first-order chi connectivity index (χ1) is 15.1. The Bertz CT molecular complexity index is 667. The van der Waals surface area contributed by atoms with Gasteiger partial charge in [-0.1, -0.05) is 118 Å². The molecule has 0 radical (unpaired) electrons. The van der Waals surface area contributed by atoms with E-state index in [1.807, 2.05) is 0 Å². The van der Waals surface area contributed by atoms with Crippen molar-refractivity contribution >= 4 is 75.6 Å². The molecule has 0 N–H and O–H groups in total. The number of halogens is 6. The molecule has 0 spiro atoms. The van der Waals surface area contributed by atoms with Crippen molar-refractivity contribution in [2.24, 2.45) is 11.8 Å². The minimum Gasteiger partial charge on any atom is -0.469 e. The zero-order valence-electron chi connectivity index (χ0n) is 19.1. The van der Waals surface area contributed by atoms with Gasteiger partial charge in [0.1, 0.15) is 9.75 Å². The Hall–Kier alpha value is 0.950. The predicted molar refractivity (Wildman–Crippen MR) is 140 cm³/mol. The molecule has 0 saturated heterocycles. The number of hydrogen-bond acceptors (Lipinski definition) is 2. The van der Waals surface area contributed by atoms with Gasteiger partial charge in [0, 0.05) is 6.42 Å². The van der Waals surface area contributed by atoms with Crippen LogP contribution in [0.1, 0.15) is 96.8 Å². The van der Waals surface area contributed by atoms with Crippen molar-refractivity contribution in [3.05, 3.63) is 10.1 Å². The predicted octanol–water partition coefficient (Wildman–Crippen LogP) is 9.72. The Kier molecular flexibility index (Phi) is 11.6. The molecule has 0 aliphatic heterocycles. The van der Waals surface area contributed by atoms with E-state index in [2.05, 4.69) is 11.7 Å². The van der Waals surface area contributed by atoms with Gasteiger partial charge in [-0.15, -0.1) is 23.2 Å². The lowest BCUT2D eigenvalue weighted by Gasteiger charge is -2.37. The molecule has 0 unspecified atom stereocenters. The van der Waals surface area contributed by atoms with Crippen LogP contribution in [-0.4, -0.2) is 27.2 Å². The fourth-order valence-electron chi connectivity index (χ4n) is 5.42. The summed E-state index contributed by atoms with van der Waals surface area (Å²) < 4.78 is 3.24. The van der Waals surface area contributed by atoms with E-state index in [0.717, 1.165) is 57.8 Å². The van der Waals surface area contributed by atoms with Crippen LogP contribution in [0, 0.1) is 11.8 Å². The Balaban J connectivity index is 1.98. The van der Waals surface area contributed by atoms with Gasteiger partial charge < -0.3 is 4.74 Å². The third kappa shape index (κ3) is 5.52. The zero-order chi connectivity index (χ0) is 24.0. The molecular formula is C24H36Cl6O2. The SMILES string of the molecule is CCCCCCCC[C@@H]1[C@@H](CCCCCCCC(=O)OC)[C@]2(Cl)C(Cl)=C(Cl)[C@]1(Cl)C2(Cl)Cl. The van der Waals surface area contributed by atoms with Crippen LogP contribution in [0.25, 0.3) is 0 Å². The molecule has 2 nitrogen and oxygen atoms in total. The number of allylic oxidation sites excluding steroid dienone is 2. The number of methoxy groups -OCH3 is 1. The molecule has 0 aromatic rings. The highest BCUT2D eigenvalue weighted by atomic mass is 35.5. The van der Waals surface area contributed by atoms with Gasteiger partial charge in [0.25, 0.3) is 0 Å². The number of carbonyl (C=O) groups is 1. The first-order valence-electron chi connectivity index (χ1n) is 12.0. The molecule has 1 saturated carbocycles. The summed E-state index contributed by atoms with van der Waals surface area (Å²) in [6.07, 6.45) is 14.3. The summed E-state index contributed by atoms with van der Waals surface area (Å²) in [5.41, 5.74) is 0. The molecule has 1 fully saturated rings. The molecule has 186 valence electrons. The quantitative estimate of drug-likeness (QED) is 0.112. The summed E-state index contributed by atoms with van der Waals surface area (Å²) in [5.74, 6) is -0.200. The highest BCUT2D eigenvalue weighted by Crippen LogP contribution is 2.77. The minimum atomic E-state index is -1.45. The third-order valence-corrected chi connectivity index (χ3v) is 11.6. The van der Waals surface area contributed by atoms with E-state index < -0.39 is 14.1 Å². The number of carbonyl (C=O) groups excluding carboxylic acids is 1. The first kappa shape index (κ1) is 29.2. The van der Waals surface area contributed by atoms with Crippen molar-refractivity contribution in [1.29, 1.82) is 0 Å². The molecule has 8 heteroatoms. The van der Waals surface area contributed by atoms with Gasteiger partial charge in [-0.05, 0) is 31.1 Å². The summed E-state index contributed by atoms with van der Waals surface area (Å²) in [6, 6.07) is 0. The van der Waals surface area contributed by atoms with Crippen LogP contribution >= 0.6 is 69.6 Å². The average molecular weight is 569 g/mol. The van der Waals surface area contributed by atoms with Crippen molar-refractivity contribution in [2.75, 3.05) is 7.11 Å². The van der Waals surface area contributed by atoms with E-state index in [1.165, 1.54) is 32.8 Å². The normalized spacial score (nSPS) is 30.9. The van der Waals surface area contributed by atoms with E-state index in [4.69, 9.17) is 69.6 Å². The number of esters is 1. The molecule has 0 amide bonds. The van der Waals surface area contributed by atoms with Crippen molar-refractivity contribution < 1.29 is 9.53 Å². The standard InChI is InChI=1S/C24H36Cl6O2/c1-3-4-5-6-8-11-14-17-18(15-12-9-7-10-13-16-19(31)32-2)23(28)21(26)20(25)22(17,27)24(23,29)30/h17-18H,3-16H2,1-2H3/t17-,18-,22+,23+/m1/s1. The smallest absolute Gasteiger partial charge is 0.305 e. The molecule has 0 aromatic heterocycles. The second-order valence-electron chi connectivity index (χ2n) is 9.28. The molecule has 0 heterocycles. The fourth-order valence-corrected chi connectivity index (χ4v) is 8.56. The van der Waals surface area contributed by atoms with Crippen LogP contribution in [0.3, 0.4) is 0 Å². The van der Waals surface area contributed by atoms with Crippen LogP contribution in [0.4, 0.5) is 0 Å². The van der Waals surface area contributed by atoms with Gasteiger partial charge in [0.15, 0.2) is 4.33 Å². The van der Waals surface area contributed by atoms with Crippen LogP contribution in [0.15, 0.2) is 10.1 Å². The van der Waals surface area contributed by atoms with Crippen LogP contribution < -0.4 is 0 Å². The Morgan fingerprint density at radius 2 is 1.16 bits per heavy atom. The van der Waals surface area contributed by atoms with Gasteiger partial charge in [0.05, 0.1) is 17.2 Å². The summed E-state index contributed by atoms with van der Waals surface area (Å²) in [7, 11) is 1.42. The van der Waals surface area contributed by atoms with Crippen LogP contribution in [-0.2, 0) is 9.53 Å². The van der Waals surface area contributed by atoms with Gasteiger partial charge in [0.2, 0.25) is 0 Å². The Morgan fingerprint density at radius 1 is 0.750 bits per heavy atom. The number of alkyl halides is 4. The van der Waals surface area contributed by atoms with E-state index in [0.29, 0.717) is 16.5 Å². The van der Waals surface area contributed by atoms with Crippen LogP contribution in [0.2, 0.25) is 0 Å². The zero-order valence-corrected chi connectivity index (χ0v) is 23.7. The Labute approximate surface area is 224 Å². The fraction of sp³-hybridized carbons (Fsp3) is 0.875. The topological polar surface area (TPSA) is 26.3 Å². The van der Waals surface area contributed by atoms with Gasteiger partial charge in [-0.25, -0.2) is 0 Å². The lowest BCUT2D eigenvalue weighted by Crippen LogP contribution is -2.44. The van der Waals surface area contributed by atoms with Crippen molar-refractivity contribution in [2.45, 2.75) is 111 Å². The van der Waals surface area contributed by atoms with E-state index in [-0.39, 0.29) is 17.8 Å². The van der Waals surface area contributed by atoms with Gasteiger partial charge >= 0.3 is 5.97 Å². The van der Waals surface area contributed by atoms with Crippen molar-refractivity contribution in [1.82, 2.24) is 0 Å². The molecule has 2 aliphatic carbocycles. The van der Waals surface area contributed by atoms with E-state index >= 15 is 0 Å². The lowest BCUT2D eigenvalue weighted by molar-refractivity contribution is -0.140. The molecule has 32 heavy (non-hydrogen) atoms. The number of unbranched alkanes of at least 4 members (excludes halogenated alkanes) is 9. The lowest BCUT2D eigenvalue weighted by atomic mass is 9.76. The molecular weight excluding hydrogens is 533 g/mol. The molecule has 0 aromatic carbocycles. The second-order valence-corrected chi connectivity index (χ2v) is 12.6. The highest BCUT2D eigenvalue weighted by Gasteiger charge is 2.81. The number of rotatable bonds is 15. The molecule has 2 rings (SSSR count). The van der Waals surface area contributed by atoms with Crippen molar-refractivity contribution in [3.63, 3.8) is 0 Å². The molecule has 2 aliphatic rings. The van der Waals surface area contributed by atoms with E-state index in [1.54, 1.807) is 0 Å². The monoisotopic (exact) mass is 566 g/mol. The van der Waals surface area contributed by atoms with Gasteiger partial charge in [-0.2, -0.15) is 0 Å². The molecule has 2 bridgehead atoms. The van der Waals surface area contributed by atoms with Crippen LogP contribution in [0.5, 0.6) is 0 Å². The summed E-state index contributed by atoms with van der Waals surface area (Å²) in [6.45, 7) is 2.22. The largest absolute Gasteiger partial charge is 0.469 e. The van der Waals surface area contributed by atoms with Crippen molar-refractivity contribution in [3.8, 4) is 0 Å². The summed E-state index contributed by atoms with van der Waals surface area (Å²) in [4.78, 5) is 8.92. The summed E-state index contributed by atoms with van der Waals surface area (Å²) >= 11 is 41.1. The number of ether oxygens (including phenoxy) is 1. The van der Waals surface area contributed by atoms with E-state index in [9.17, 15) is 4.79 Å². The maximum absolute atomic E-state index is 11.2. The third-order valence-electron chi connectivity index (χ3n) is 7.25. The Morgan fingerprint density at radius 3 is 1.59 bits per heavy atom. The highest BCUT2D eigenvalue weighted by molar-refractivity contribution is 6.65. The minimum absolute atomic E-state index is 0.0165. The first-order valence-corrected chi connectivity index (χ1v) is 14.3. The number of hydrogen-bond donors (Lipinski definition) is 0. The maximum Gasteiger partial charge on any atom is 0.305 e. The average Bonchev–Trinajstić information content (AvgIpc) is 2.96. The van der Waals surface area contributed by atoms with Gasteiger partial charge in [-0.3, -0.25) is 4.79 Å². The second kappa shape index (κ2) is 12.8. The maximum atomic E-state index is 11.2. The number of fused-ring (bicyclic) bond motifs is 2. The summed E-state index contributed by atoms with van der Waals surface area (Å²) in [5, 5.41) is 0.624.